The number of hydrogen-bond acceptors (Lipinski definition) is 5. The van der Waals surface area contributed by atoms with Crippen LogP contribution in [0.1, 0.15) is 20.7 Å². The molecule has 0 saturated heterocycles. The molecule has 0 bridgehead atoms. The molecule has 1 amide bonds. The van der Waals surface area contributed by atoms with Crippen molar-refractivity contribution in [2.75, 3.05) is 12.1 Å². The van der Waals surface area contributed by atoms with Crippen molar-refractivity contribution < 1.29 is 19.1 Å². The Kier molecular flexibility index (Phi) is 3.97. The maximum Gasteiger partial charge on any atom is 0.248 e. The number of fused-ring (bicyclic) bond motifs is 1. The lowest BCUT2D eigenvalue weighted by atomic mass is 10.1. The number of nitrogens with two attached hydrogens (primary N) is 1. The zero-order chi connectivity index (χ0) is 16.2. The quantitative estimate of drug-likeness (QED) is 0.653. The molecule has 3 N–H and O–H groups in total. The number of nitrogens with one attached hydrogen (secondary N) is 1. The van der Waals surface area contributed by atoms with Gasteiger partial charge in [0, 0.05) is 29.1 Å². The summed E-state index contributed by atoms with van der Waals surface area (Å²) in [5, 5.41) is 2.95. The van der Waals surface area contributed by atoms with E-state index in [-0.39, 0.29) is 12.6 Å². The maximum atomic E-state index is 12.1. The van der Waals surface area contributed by atoms with Crippen LogP contribution < -0.4 is 20.5 Å². The van der Waals surface area contributed by atoms with Crippen LogP contribution in [-0.2, 0) is 0 Å². The number of carbonyl (C=O) groups excluding carboxylic acids is 2. The van der Waals surface area contributed by atoms with Crippen LogP contribution in [0.5, 0.6) is 11.5 Å². The van der Waals surface area contributed by atoms with E-state index in [1.165, 1.54) is 12.3 Å². The highest BCUT2D eigenvalue weighted by Gasteiger charge is 2.14. The normalized spacial score (nSPS) is 12.3. The first kappa shape index (κ1) is 14.6. The molecule has 2 aromatic carbocycles. The molecule has 0 radical (unpaired) electrons. The van der Waals surface area contributed by atoms with Crippen LogP contribution in [0.4, 0.5) is 5.69 Å². The van der Waals surface area contributed by atoms with E-state index < -0.39 is 5.91 Å². The monoisotopic (exact) mass is 310 g/mol. The number of hydrogen-bond donors (Lipinski definition) is 2. The second kappa shape index (κ2) is 6.23. The molecule has 0 atom stereocenters. The molecule has 23 heavy (non-hydrogen) atoms. The zero-order valence-electron chi connectivity index (χ0n) is 12.1. The second-order valence-electron chi connectivity index (χ2n) is 4.85. The first-order valence-electron chi connectivity index (χ1n) is 6.90. The highest BCUT2D eigenvalue weighted by Crippen LogP contribution is 2.32. The lowest BCUT2D eigenvalue weighted by Crippen LogP contribution is -2.10. The maximum absolute atomic E-state index is 12.1. The van der Waals surface area contributed by atoms with Gasteiger partial charge >= 0.3 is 0 Å². The highest BCUT2D eigenvalue weighted by molar-refractivity contribution is 6.05. The number of allylic oxidation sites excluding steroid dienone is 1. The summed E-state index contributed by atoms with van der Waals surface area (Å²) in [7, 11) is 0. The van der Waals surface area contributed by atoms with E-state index >= 15 is 0 Å². The number of benzene rings is 2. The number of rotatable bonds is 5. The summed E-state index contributed by atoms with van der Waals surface area (Å²) in [6.07, 6.45) is 2.95. The first-order valence-corrected chi connectivity index (χ1v) is 6.90. The van der Waals surface area contributed by atoms with Crippen molar-refractivity contribution in [1.82, 2.24) is 0 Å². The minimum absolute atomic E-state index is 0.162. The number of carbonyl (C=O) groups is 2. The summed E-state index contributed by atoms with van der Waals surface area (Å²) in [5.41, 5.74) is 6.85. The van der Waals surface area contributed by atoms with Gasteiger partial charge in [-0.3, -0.25) is 9.59 Å². The average molecular weight is 310 g/mol. The van der Waals surface area contributed by atoms with E-state index in [2.05, 4.69) is 5.32 Å². The summed E-state index contributed by atoms with van der Waals surface area (Å²) in [6, 6.07) is 11.7. The van der Waals surface area contributed by atoms with E-state index in [9.17, 15) is 9.59 Å². The largest absolute Gasteiger partial charge is 0.454 e. The lowest BCUT2D eigenvalue weighted by molar-refractivity contribution is 0.0999. The predicted octanol–water partition coefficient (Wildman–Crippen LogP) is 2.32. The van der Waals surface area contributed by atoms with Crippen LogP contribution >= 0.6 is 0 Å². The zero-order valence-corrected chi connectivity index (χ0v) is 12.1. The highest BCUT2D eigenvalue weighted by atomic mass is 16.7. The molecule has 3 rings (SSSR count). The lowest BCUT2D eigenvalue weighted by Gasteiger charge is -2.02. The van der Waals surface area contributed by atoms with Gasteiger partial charge < -0.3 is 20.5 Å². The van der Waals surface area contributed by atoms with Crippen LogP contribution in [0.3, 0.4) is 0 Å². The van der Waals surface area contributed by atoms with Crippen molar-refractivity contribution in [3.05, 3.63) is 65.9 Å². The van der Waals surface area contributed by atoms with E-state index in [0.29, 0.717) is 22.6 Å². The van der Waals surface area contributed by atoms with Gasteiger partial charge in [-0.1, -0.05) is 0 Å². The third-order valence-corrected chi connectivity index (χ3v) is 3.31. The van der Waals surface area contributed by atoms with Gasteiger partial charge in [0.2, 0.25) is 12.7 Å². The molecule has 0 fully saturated rings. The van der Waals surface area contributed by atoms with Crippen molar-refractivity contribution >= 4 is 17.4 Å². The molecule has 6 nitrogen and oxygen atoms in total. The Morgan fingerprint density at radius 3 is 2.43 bits per heavy atom. The Morgan fingerprint density at radius 2 is 1.70 bits per heavy atom. The first-order chi connectivity index (χ1) is 11.1. The van der Waals surface area contributed by atoms with E-state index in [4.69, 9.17) is 15.2 Å². The van der Waals surface area contributed by atoms with Crippen molar-refractivity contribution in [3.63, 3.8) is 0 Å². The molecule has 2 aromatic rings. The Labute approximate surface area is 132 Å². The summed E-state index contributed by atoms with van der Waals surface area (Å²) < 4.78 is 10.4. The van der Waals surface area contributed by atoms with Crippen LogP contribution in [0.2, 0.25) is 0 Å². The van der Waals surface area contributed by atoms with E-state index in [1.807, 2.05) is 0 Å². The molecule has 0 saturated carbocycles. The Balaban J connectivity index is 1.63. The molecule has 0 aliphatic carbocycles. The fourth-order valence-electron chi connectivity index (χ4n) is 2.09. The van der Waals surface area contributed by atoms with E-state index in [1.54, 1.807) is 42.5 Å². The molecule has 6 heteroatoms. The topological polar surface area (TPSA) is 90.7 Å². The molecule has 0 aromatic heterocycles. The van der Waals surface area contributed by atoms with Gasteiger partial charge in [0.05, 0.1) is 0 Å². The number of anilines is 1. The van der Waals surface area contributed by atoms with Gasteiger partial charge in [-0.15, -0.1) is 0 Å². The minimum atomic E-state index is -0.481. The fourth-order valence-corrected chi connectivity index (χ4v) is 2.09. The second-order valence-corrected chi connectivity index (χ2v) is 4.85. The van der Waals surface area contributed by atoms with Gasteiger partial charge in [-0.25, -0.2) is 0 Å². The van der Waals surface area contributed by atoms with Crippen molar-refractivity contribution in [3.8, 4) is 11.5 Å². The molecule has 116 valence electrons. The number of ether oxygens (including phenoxy) is 2. The summed E-state index contributed by atoms with van der Waals surface area (Å²) in [5.74, 6) is 0.562. The fraction of sp³-hybridized carbons (Fsp3) is 0.0588. The number of amides is 1. The summed E-state index contributed by atoms with van der Waals surface area (Å²) in [6.45, 7) is 0.172. The molecular formula is C17H14N2O4. The predicted molar refractivity (Wildman–Crippen MR) is 84.6 cm³/mol. The molecule has 0 spiro atoms. The molecule has 1 aliphatic heterocycles. The van der Waals surface area contributed by atoms with Gasteiger partial charge in [0.15, 0.2) is 17.3 Å². The molecule has 0 unspecified atom stereocenters. The van der Waals surface area contributed by atoms with Gasteiger partial charge in [0.1, 0.15) is 0 Å². The van der Waals surface area contributed by atoms with Crippen LogP contribution in [0.25, 0.3) is 0 Å². The van der Waals surface area contributed by atoms with E-state index in [0.717, 1.165) is 5.69 Å². The smallest absolute Gasteiger partial charge is 0.248 e. The van der Waals surface area contributed by atoms with Crippen molar-refractivity contribution in [2.24, 2.45) is 5.73 Å². The number of ketones is 1. The Hall–Kier alpha value is -3.28. The van der Waals surface area contributed by atoms with Crippen molar-refractivity contribution in [1.29, 1.82) is 0 Å². The standard InChI is InChI=1S/C17H14N2O4/c18-17(21)11-1-4-13(5-2-11)19-8-7-14(20)12-3-6-15-16(9-12)23-10-22-15/h1-9,19H,10H2,(H2,18,21). The van der Waals surface area contributed by atoms with Gasteiger partial charge in [-0.05, 0) is 42.5 Å². The minimum Gasteiger partial charge on any atom is -0.454 e. The summed E-state index contributed by atoms with van der Waals surface area (Å²) in [4.78, 5) is 23.1. The molecular weight excluding hydrogens is 296 g/mol. The van der Waals surface area contributed by atoms with Crippen LogP contribution in [-0.4, -0.2) is 18.5 Å². The number of primary amides is 1. The summed E-state index contributed by atoms with van der Waals surface area (Å²) >= 11 is 0. The Bertz CT molecular complexity index is 782. The van der Waals surface area contributed by atoms with Crippen molar-refractivity contribution in [2.45, 2.75) is 0 Å². The third-order valence-electron chi connectivity index (χ3n) is 3.31. The Morgan fingerprint density at radius 1 is 1.00 bits per heavy atom. The van der Waals surface area contributed by atoms with Crippen LogP contribution in [0, 0.1) is 0 Å². The SMILES string of the molecule is NC(=O)c1ccc(NC=CC(=O)c2ccc3c(c2)OCO3)cc1. The molecule has 1 heterocycles. The van der Waals surface area contributed by atoms with Crippen LogP contribution in [0.15, 0.2) is 54.7 Å². The third kappa shape index (κ3) is 3.32. The molecule has 1 aliphatic rings. The van der Waals surface area contributed by atoms with Gasteiger partial charge in [0.25, 0.3) is 0 Å². The van der Waals surface area contributed by atoms with Gasteiger partial charge in [-0.2, -0.15) is 0 Å². The average Bonchev–Trinajstić information content (AvgIpc) is 3.02.